The van der Waals surface area contributed by atoms with Crippen LogP contribution in [0, 0.1) is 47.4 Å². The molecule has 2 aliphatic rings. The third kappa shape index (κ3) is 16.1. The van der Waals surface area contributed by atoms with Crippen molar-refractivity contribution in [3.8, 4) is 58.5 Å². The summed E-state index contributed by atoms with van der Waals surface area (Å²) in [6, 6.07) is 54.8. The van der Waals surface area contributed by atoms with Gasteiger partial charge in [0.25, 0.3) is 0 Å². The summed E-state index contributed by atoms with van der Waals surface area (Å²) in [5.74, 6) is 30.0. The van der Waals surface area contributed by atoms with Crippen LogP contribution >= 0.6 is 0 Å². The first-order valence-electron chi connectivity index (χ1n) is 34.2. The van der Waals surface area contributed by atoms with Gasteiger partial charge >= 0.3 is 0 Å². The molecule has 10 rings (SSSR count). The monoisotopic (exact) mass is 1130 g/mol. The summed E-state index contributed by atoms with van der Waals surface area (Å²) >= 11 is 0. The highest BCUT2D eigenvalue weighted by Crippen LogP contribution is 2.56. The summed E-state index contributed by atoms with van der Waals surface area (Å²) in [7, 11) is 0. The van der Waals surface area contributed by atoms with Crippen LogP contribution in [0.5, 0.6) is 0 Å². The van der Waals surface area contributed by atoms with Crippen LogP contribution in [0.15, 0.2) is 146 Å². The molecule has 2 aliphatic carbocycles. The fourth-order valence-electron chi connectivity index (χ4n) is 13.4. The van der Waals surface area contributed by atoms with Gasteiger partial charge in [-0.1, -0.05) is 288 Å². The van der Waals surface area contributed by atoms with Crippen molar-refractivity contribution in [1.29, 1.82) is 0 Å². The molecule has 438 valence electrons. The Morgan fingerprint density at radius 1 is 0.267 bits per heavy atom. The Balaban J connectivity index is 1.07. The van der Waals surface area contributed by atoms with E-state index < -0.39 is 0 Å². The fraction of sp³-hybridized carbons (Fsp3) is 0.395. The molecule has 2 atom stereocenters. The van der Waals surface area contributed by atoms with Gasteiger partial charge in [-0.25, -0.2) is 0 Å². The predicted octanol–water partition coefficient (Wildman–Crippen LogP) is 23.1. The molecule has 0 aliphatic heterocycles. The Kier molecular flexibility index (Phi) is 23.1. The lowest BCUT2D eigenvalue weighted by molar-refractivity contribution is 0.607. The summed E-state index contributed by atoms with van der Waals surface area (Å²) in [5.41, 5.74) is 19.3. The topological polar surface area (TPSA) is 0 Å². The third-order valence-electron chi connectivity index (χ3n) is 18.4. The van der Waals surface area contributed by atoms with E-state index in [2.05, 4.69) is 221 Å². The van der Waals surface area contributed by atoms with E-state index in [1.54, 1.807) is 0 Å². The Hall–Kier alpha value is -7.48. The van der Waals surface area contributed by atoms with E-state index in [4.69, 9.17) is 0 Å². The lowest BCUT2D eigenvalue weighted by Crippen LogP contribution is -2.17. The van der Waals surface area contributed by atoms with E-state index in [0.717, 1.165) is 59.1 Å². The van der Waals surface area contributed by atoms with Crippen LogP contribution in [0.4, 0.5) is 0 Å². The summed E-state index contributed by atoms with van der Waals surface area (Å²) in [4.78, 5) is 0. The molecule has 0 N–H and O–H groups in total. The molecule has 8 aromatic carbocycles. The molecular weight excluding hydrogens is 1030 g/mol. The highest BCUT2D eigenvalue weighted by molar-refractivity contribution is 6.17. The third-order valence-corrected chi connectivity index (χ3v) is 18.4. The number of hydrogen-bond acceptors (Lipinski definition) is 0. The zero-order chi connectivity index (χ0) is 59.1. The molecule has 0 amide bonds. The van der Waals surface area contributed by atoms with Crippen LogP contribution in [0.25, 0.3) is 32.7 Å². The van der Waals surface area contributed by atoms with Gasteiger partial charge in [0.1, 0.15) is 0 Å². The lowest BCUT2D eigenvalue weighted by atomic mass is 9.66. The van der Waals surface area contributed by atoms with Crippen molar-refractivity contribution in [2.75, 3.05) is 0 Å². The second kappa shape index (κ2) is 32.3. The maximum absolute atomic E-state index is 3.96. The van der Waals surface area contributed by atoms with Crippen molar-refractivity contribution < 1.29 is 0 Å². The highest BCUT2D eigenvalue weighted by Gasteiger charge is 2.37. The minimum Gasteiger partial charge on any atom is -0.0848 e. The van der Waals surface area contributed by atoms with Gasteiger partial charge in [-0.15, -0.1) is 0 Å². The molecule has 0 saturated carbocycles. The van der Waals surface area contributed by atoms with Gasteiger partial charge in [0.15, 0.2) is 0 Å². The van der Waals surface area contributed by atoms with Crippen molar-refractivity contribution in [3.05, 3.63) is 223 Å². The van der Waals surface area contributed by atoms with Crippen LogP contribution in [-0.4, -0.2) is 0 Å². The summed E-state index contributed by atoms with van der Waals surface area (Å²) in [5, 5.41) is 4.86. The van der Waals surface area contributed by atoms with E-state index in [-0.39, 0.29) is 11.8 Å². The number of benzene rings is 8. The van der Waals surface area contributed by atoms with Gasteiger partial charge in [0, 0.05) is 33.4 Å². The van der Waals surface area contributed by atoms with Crippen molar-refractivity contribution in [1.82, 2.24) is 0 Å². The summed E-state index contributed by atoms with van der Waals surface area (Å²) in [6.45, 7) is 9.16. The Morgan fingerprint density at radius 3 is 0.849 bits per heavy atom. The van der Waals surface area contributed by atoms with Crippen LogP contribution < -0.4 is 0 Å². The van der Waals surface area contributed by atoms with Crippen LogP contribution in [-0.2, 0) is 25.7 Å². The predicted molar refractivity (Wildman–Crippen MR) is 370 cm³/mol. The highest BCUT2D eigenvalue weighted by atomic mass is 14.4. The minimum absolute atomic E-state index is 0.198. The fourth-order valence-corrected chi connectivity index (χ4v) is 13.4. The average molecular weight is 1130 g/mol. The molecule has 0 fully saturated rings. The van der Waals surface area contributed by atoms with E-state index >= 15 is 0 Å². The molecular formula is C86H94. The zero-order valence-electron chi connectivity index (χ0n) is 52.8. The molecule has 0 spiro atoms. The Bertz CT molecular complexity index is 3510. The standard InChI is InChI=1S/C86H94/c1-5-9-13-17-21-25-31-65-39-47-69(48-40-65)55-59-73-63-81-77(61-57-71-51-43-67(44-52-71)33-27-23-19-15-11-7-3)80-38-30-36-76-74(60-56-70-49-41-66(42-50-70)32-26-22-18-14-10-6-2)64-82-78(79-37-29-35-75(73)83(79)85(81)86(82)84(76)80)62-58-72-53-45-68(46-54-72)34-28-24-20-16-12-8-4/h29-30,35-54,63-64,77-78H,5-28,31-34H2,1-4H3. The lowest BCUT2D eigenvalue weighted by Gasteiger charge is -2.35. The van der Waals surface area contributed by atoms with Crippen LogP contribution in [0.1, 0.15) is 272 Å². The molecule has 0 aromatic heterocycles. The zero-order valence-corrected chi connectivity index (χ0v) is 52.8. The summed E-state index contributed by atoms with van der Waals surface area (Å²) in [6.07, 6.45) is 35.9. The van der Waals surface area contributed by atoms with Crippen molar-refractivity contribution >= 4 is 21.5 Å². The van der Waals surface area contributed by atoms with E-state index in [0.29, 0.717) is 0 Å². The molecule has 0 heteroatoms. The molecule has 0 saturated heterocycles. The van der Waals surface area contributed by atoms with E-state index in [1.165, 1.54) is 231 Å². The number of rotatable bonds is 28. The van der Waals surface area contributed by atoms with Gasteiger partial charge in [-0.2, -0.15) is 0 Å². The SMILES string of the molecule is CCCCCCCCc1ccc(C#Cc2cc3c4c5c(cccc25)C(C#Cc2ccc(CCCCCCCC)cc2)c2cc(C#Cc5ccc(CCCCCCCC)cc5)c5cccc(c5c2-4)C3C#Cc2ccc(CCCCCCCC)cc2)cc1. The largest absolute Gasteiger partial charge is 0.0848 e. The van der Waals surface area contributed by atoms with Gasteiger partial charge in [0.05, 0.1) is 11.8 Å². The molecule has 0 heterocycles. The first-order chi connectivity index (χ1) is 42.5. The second-order valence-electron chi connectivity index (χ2n) is 25.1. The molecule has 2 unspecified atom stereocenters. The minimum atomic E-state index is -0.198. The van der Waals surface area contributed by atoms with Gasteiger partial charge in [-0.05, 0) is 189 Å². The maximum Gasteiger partial charge on any atom is 0.0718 e. The first-order valence-corrected chi connectivity index (χ1v) is 34.2. The smallest absolute Gasteiger partial charge is 0.0718 e. The van der Waals surface area contributed by atoms with Crippen LogP contribution in [0.2, 0.25) is 0 Å². The van der Waals surface area contributed by atoms with E-state index in [1.807, 2.05) is 0 Å². The summed E-state index contributed by atoms with van der Waals surface area (Å²) < 4.78 is 0. The Morgan fingerprint density at radius 2 is 0.547 bits per heavy atom. The molecule has 8 aromatic rings. The number of unbranched alkanes of at least 4 members (excludes halogenated alkanes) is 20. The average Bonchev–Trinajstić information content (AvgIpc) is 0.711. The molecule has 0 radical (unpaired) electrons. The van der Waals surface area contributed by atoms with Gasteiger partial charge in [0.2, 0.25) is 0 Å². The van der Waals surface area contributed by atoms with Crippen molar-refractivity contribution in [3.63, 3.8) is 0 Å². The van der Waals surface area contributed by atoms with Gasteiger partial charge < -0.3 is 0 Å². The maximum atomic E-state index is 3.96. The Labute approximate surface area is 519 Å². The van der Waals surface area contributed by atoms with Gasteiger partial charge in [-0.3, -0.25) is 0 Å². The van der Waals surface area contributed by atoms with Crippen molar-refractivity contribution in [2.24, 2.45) is 0 Å². The first kappa shape index (κ1) is 61.6. The molecule has 0 bridgehead atoms. The molecule has 86 heavy (non-hydrogen) atoms. The normalized spacial score (nSPS) is 13.3. The quantitative estimate of drug-likeness (QED) is 0.0339. The number of hydrogen-bond donors (Lipinski definition) is 0. The second-order valence-corrected chi connectivity index (χ2v) is 25.1. The molecule has 0 nitrogen and oxygen atoms in total. The number of aryl methyl sites for hydroxylation is 4. The van der Waals surface area contributed by atoms with Crippen LogP contribution in [0.3, 0.4) is 0 Å². The van der Waals surface area contributed by atoms with Crippen molar-refractivity contribution in [2.45, 2.75) is 219 Å². The van der Waals surface area contributed by atoms with E-state index in [9.17, 15) is 0 Å².